The molecule has 0 aliphatic carbocycles. The van der Waals surface area contributed by atoms with Crippen LogP contribution in [0.2, 0.25) is 0 Å². The van der Waals surface area contributed by atoms with Gasteiger partial charge in [-0.05, 0) is 10.8 Å². The number of rotatable bonds is 0. The first-order valence-electron chi connectivity index (χ1n) is 6.61. The van der Waals surface area contributed by atoms with Crippen LogP contribution in [-0.4, -0.2) is 18.7 Å². The zero-order chi connectivity index (χ0) is 13.8. The van der Waals surface area contributed by atoms with E-state index in [4.69, 9.17) is 9.97 Å². The van der Waals surface area contributed by atoms with Crippen molar-refractivity contribution >= 4 is 55.6 Å². The van der Waals surface area contributed by atoms with Crippen molar-refractivity contribution < 1.29 is 0 Å². The molecule has 98 valence electrons. The van der Waals surface area contributed by atoms with Crippen molar-refractivity contribution in [3.8, 4) is 0 Å². The third-order valence-electron chi connectivity index (χ3n) is 3.77. The van der Waals surface area contributed by atoms with Gasteiger partial charge in [0.15, 0.2) is 0 Å². The molecule has 0 saturated carbocycles. The van der Waals surface area contributed by atoms with Crippen molar-refractivity contribution in [2.24, 2.45) is 0 Å². The smallest absolute Gasteiger partial charge is 0.213 e. The van der Waals surface area contributed by atoms with Crippen LogP contribution in [-0.2, 0) is 0 Å². The van der Waals surface area contributed by atoms with Crippen LogP contribution in [0.3, 0.4) is 0 Å². The molecule has 0 aliphatic heterocycles. The van der Waals surface area contributed by atoms with Gasteiger partial charge in [0.2, 0.25) is 11.3 Å². The van der Waals surface area contributed by atoms with E-state index >= 15 is 0 Å². The first-order chi connectivity index (χ1) is 10.4. The Hall–Kier alpha value is -2.66. The minimum absolute atomic E-state index is 0.618. The molecule has 21 heavy (non-hydrogen) atoms. The normalized spacial score (nSPS) is 11.8. The van der Waals surface area contributed by atoms with Crippen molar-refractivity contribution in [3.05, 3.63) is 48.5 Å². The van der Waals surface area contributed by atoms with E-state index in [1.807, 2.05) is 12.1 Å². The van der Waals surface area contributed by atoms with Gasteiger partial charge in [0, 0.05) is 10.8 Å². The molecule has 0 unspecified atom stereocenters. The number of hydrogen-bond donors (Lipinski definition) is 0. The van der Waals surface area contributed by atoms with Crippen LogP contribution < -0.4 is 0 Å². The van der Waals surface area contributed by atoms with Crippen LogP contribution in [0.25, 0.3) is 43.9 Å². The van der Waals surface area contributed by atoms with E-state index in [9.17, 15) is 0 Å². The molecule has 5 aromatic rings. The number of aromatic nitrogens is 4. The minimum atomic E-state index is 0.618. The van der Waals surface area contributed by atoms with Crippen molar-refractivity contribution in [1.82, 2.24) is 18.7 Å². The van der Waals surface area contributed by atoms with Crippen molar-refractivity contribution in [1.29, 1.82) is 0 Å². The molecule has 2 aromatic heterocycles. The van der Waals surface area contributed by atoms with Gasteiger partial charge in [-0.15, -0.1) is 0 Å². The molecule has 0 radical (unpaired) electrons. The van der Waals surface area contributed by atoms with Gasteiger partial charge in [-0.3, -0.25) is 0 Å². The van der Waals surface area contributed by atoms with Crippen molar-refractivity contribution in [3.63, 3.8) is 0 Å². The van der Waals surface area contributed by atoms with Crippen LogP contribution in [0.4, 0.5) is 0 Å². The van der Waals surface area contributed by atoms with E-state index in [1.165, 1.54) is 10.8 Å². The maximum Gasteiger partial charge on any atom is 0.213 e. The molecular formula is C16H8N4S. The molecule has 3 aromatic carbocycles. The van der Waals surface area contributed by atoms with Gasteiger partial charge >= 0.3 is 0 Å². The van der Waals surface area contributed by atoms with Gasteiger partial charge in [-0.2, -0.15) is 8.75 Å². The molecule has 0 N–H and O–H groups in total. The van der Waals surface area contributed by atoms with E-state index < -0.39 is 0 Å². The van der Waals surface area contributed by atoms with E-state index in [0.29, 0.717) is 11.3 Å². The summed E-state index contributed by atoms with van der Waals surface area (Å²) < 4.78 is 8.43. The molecule has 0 aliphatic rings. The monoisotopic (exact) mass is 288 g/mol. The van der Waals surface area contributed by atoms with Crippen molar-refractivity contribution in [2.45, 2.75) is 0 Å². The summed E-state index contributed by atoms with van der Waals surface area (Å²) in [5.74, 6) is 0. The second kappa shape index (κ2) is 3.93. The van der Waals surface area contributed by atoms with Crippen LogP contribution in [0.5, 0.6) is 0 Å². The molecule has 4 nitrogen and oxygen atoms in total. The first kappa shape index (κ1) is 11.0. The lowest BCUT2D eigenvalue weighted by atomic mass is 10.00. The summed E-state index contributed by atoms with van der Waals surface area (Å²) in [6.45, 7) is 0. The molecule has 5 heteroatoms. The molecule has 0 fully saturated rings. The Morgan fingerprint density at radius 2 is 1.00 bits per heavy atom. The fourth-order valence-electron chi connectivity index (χ4n) is 2.86. The highest BCUT2D eigenvalue weighted by Gasteiger charge is 2.12. The van der Waals surface area contributed by atoms with E-state index in [1.54, 1.807) is 0 Å². The molecule has 0 saturated heterocycles. The van der Waals surface area contributed by atoms with Gasteiger partial charge in [0.1, 0.15) is 0 Å². The number of benzene rings is 3. The molecular weight excluding hydrogens is 280 g/mol. The fraction of sp³-hybridized carbons (Fsp3) is 0. The summed E-state index contributed by atoms with van der Waals surface area (Å²) in [5, 5.41) is 4.59. The van der Waals surface area contributed by atoms with Gasteiger partial charge in [0.05, 0.1) is 22.8 Å². The van der Waals surface area contributed by atoms with Gasteiger partial charge < -0.3 is 0 Å². The molecule has 2 heterocycles. The minimum Gasteiger partial charge on any atom is -0.222 e. The number of hydrogen-bond acceptors (Lipinski definition) is 5. The number of fused-ring (bicyclic) bond motifs is 7. The third-order valence-corrected chi connectivity index (χ3v) is 4.28. The SMILES string of the molecule is c1ccc2c(c1)c1ccccc1c1nc3nsnc3nc21. The average molecular weight is 288 g/mol. The Balaban J connectivity index is 2.21. The summed E-state index contributed by atoms with van der Waals surface area (Å²) in [6.07, 6.45) is 0. The van der Waals surface area contributed by atoms with E-state index in [2.05, 4.69) is 45.1 Å². The summed E-state index contributed by atoms with van der Waals surface area (Å²) >= 11 is 1.15. The lowest BCUT2D eigenvalue weighted by molar-refractivity contribution is 1.36. The summed E-state index contributed by atoms with van der Waals surface area (Å²) in [4.78, 5) is 9.38. The maximum atomic E-state index is 4.69. The molecule has 5 rings (SSSR count). The van der Waals surface area contributed by atoms with Crippen LogP contribution in [0.1, 0.15) is 0 Å². The maximum absolute atomic E-state index is 4.69. The largest absolute Gasteiger partial charge is 0.222 e. The summed E-state index contributed by atoms with van der Waals surface area (Å²) in [5.41, 5.74) is 3.02. The highest BCUT2D eigenvalue weighted by molar-refractivity contribution is 7.00. The first-order valence-corrected chi connectivity index (χ1v) is 7.34. The Morgan fingerprint density at radius 3 is 1.48 bits per heavy atom. The molecule has 0 amide bonds. The van der Waals surface area contributed by atoms with Gasteiger partial charge in [-0.1, -0.05) is 48.5 Å². The highest BCUT2D eigenvalue weighted by atomic mass is 32.1. The quantitative estimate of drug-likeness (QED) is 0.405. The van der Waals surface area contributed by atoms with Gasteiger partial charge in [-0.25, -0.2) is 9.97 Å². The standard InChI is InChI=1S/C16H8N4S/c1-3-7-11-9(5-1)10-6-2-4-8-12(10)14-13(11)17-15-16(18-14)20-21-19-15/h1-8H. The van der Waals surface area contributed by atoms with E-state index in [-0.39, 0.29) is 0 Å². The second-order valence-electron chi connectivity index (χ2n) is 4.92. The zero-order valence-corrected chi connectivity index (χ0v) is 11.6. The molecule has 0 bridgehead atoms. The lowest BCUT2D eigenvalue weighted by Crippen LogP contribution is -1.90. The fourth-order valence-corrected chi connectivity index (χ4v) is 3.30. The van der Waals surface area contributed by atoms with Crippen molar-refractivity contribution in [2.75, 3.05) is 0 Å². The summed E-state index contributed by atoms with van der Waals surface area (Å²) in [7, 11) is 0. The molecule has 0 spiro atoms. The zero-order valence-electron chi connectivity index (χ0n) is 10.8. The van der Waals surface area contributed by atoms with Crippen LogP contribution >= 0.6 is 11.7 Å². The molecule has 0 atom stereocenters. The Morgan fingerprint density at radius 1 is 0.571 bits per heavy atom. The second-order valence-corrected chi connectivity index (χ2v) is 5.45. The predicted octanol–water partition coefficient (Wildman–Crippen LogP) is 3.94. The summed E-state index contributed by atoms with van der Waals surface area (Å²) in [6, 6.07) is 16.6. The van der Waals surface area contributed by atoms with E-state index in [0.717, 1.165) is 33.5 Å². The average Bonchev–Trinajstić information content (AvgIpc) is 3.01. The number of nitrogens with zero attached hydrogens (tertiary/aromatic N) is 4. The van der Waals surface area contributed by atoms with Gasteiger partial charge in [0.25, 0.3) is 0 Å². The highest BCUT2D eigenvalue weighted by Crippen LogP contribution is 2.33. The Kier molecular flexibility index (Phi) is 2.07. The Labute approximate surface area is 123 Å². The Bertz CT molecular complexity index is 1060. The van der Waals surface area contributed by atoms with Crippen LogP contribution in [0.15, 0.2) is 48.5 Å². The topological polar surface area (TPSA) is 51.6 Å². The lowest BCUT2D eigenvalue weighted by Gasteiger charge is -2.08. The third kappa shape index (κ3) is 1.43. The van der Waals surface area contributed by atoms with Crippen LogP contribution in [0, 0.1) is 0 Å². The predicted molar refractivity (Wildman–Crippen MR) is 85.5 cm³/mol.